The maximum Gasteiger partial charge on any atom is 0.252 e. The number of pyridine rings is 1. The van der Waals surface area contributed by atoms with Crippen LogP contribution in [-0.4, -0.2) is 17.4 Å². The van der Waals surface area contributed by atoms with Crippen molar-refractivity contribution in [3.8, 4) is 0 Å². The minimum absolute atomic E-state index is 0.0796. The van der Waals surface area contributed by atoms with Crippen LogP contribution in [0.2, 0.25) is 0 Å². The average molecular weight is 221 g/mol. The topological polar surface area (TPSA) is 68.0 Å². The van der Waals surface area contributed by atoms with Gasteiger partial charge in [0, 0.05) is 12.7 Å². The van der Waals surface area contributed by atoms with E-state index in [0.29, 0.717) is 11.4 Å². The summed E-state index contributed by atoms with van der Waals surface area (Å²) in [5, 5.41) is 2.86. The number of nitrogens with zero attached hydrogens (tertiary/aromatic N) is 1. The summed E-state index contributed by atoms with van der Waals surface area (Å²) in [6, 6.07) is 3.32. The Morgan fingerprint density at radius 2 is 2.19 bits per heavy atom. The van der Waals surface area contributed by atoms with Crippen molar-refractivity contribution >= 4 is 11.7 Å². The first-order chi connectivity index (χ1) is 7.74. The highest BCUT2D eigenvalue weighted by Crippen LogP contribution is 2.01. The minimum atomic E-state index is -0.0796. The second kappa shape index (κ2) is 6.82. The van der Waals surface area contributed by atoms with Gasteiger partial charge in [-0.1, -0.05) is 26.2 Å². The molecule has 0 radical (unpaired) electrons. The summed E-state index contributed by atoms with van der Waals surface area (Å²) < 4.78 is 0. The van der Waals surface area contributed by atoms with Gasteiger partial charge in [0.25, 0.3) is 5.91 Å². The SMILES string of the molecule is CCCCCCNC(=O)c1ccc(N)nc1. The number of hydrogen-bond acceptors (Lipinski definition) is 3. The Morgan fingerprint density at radius 3 is 2.81 bits per heavy atom. The Balaban J connectivity index is 2.27. The normalized spacial score (nSPS) is 10.1. The number of nitrogens with one attached hydrogen (secondary N) is 1. The van der Waals surface area contributed by atoms with Crippen molar-refractivity contribution in [1.82, 2.24) is 10.3 Å². The quantitative estimate of drug-likeness (QED) is 0.722. The predicted molar refractivity (Wildman–Crippen MR) is 65.1 cm³/mol. The molecule has 0 aliphatic heterocycles. The van der Waals surface area contributed by atoms with Gasteiger partial charge in [-0.05, 0) is 18.6 Å². The van der Waals surface area contributed by atoms with Crippen LogP contribution >= 0.6 is 0 Å². The van der Waals surface area contributed by atoms with E-state index in [2.05, 4.69) is 17.2 Å². The lowest BCUT2D eigenvalue weighted by Gasteiger charge is -2.04. The van der Waals surface area contributed by atoms with E-state index in [1.165, 1.54) is 19.0 Å². The molecule has 0 atom stereocenters. The smallest absolute Gasteiger partial charge is 0.252 e. The van der Waals surface area contributed by atoms with Crippen LogP contribution in [0.15, 0.2) is 18.3 Å². The molecule has 0 aliphatic rings. The number of anilines is 1. The van der Waals surface area contributed by atoms with E-state index < -0.39 is 0 Å². The summed E-state index contributed by atoms with van der Waals surface area (Å²) in [5.41, 5.74) is 6.00. The van der Waals surface area contributed by atoms with Crippen molar-refractivity contribution in [3.05, 3.63) is 23.9 Å². The standard InChI is InChI=1S/C12H19N3O/c1-2-3-4-5-8-14-12(16)10-6-7-11(13)15-9-10/h6-7,9H,2-5,8H2,1H3,(H2,13,15)(H,14,16). The van der Waals surface area contributed by atoms with E-state index in [9.17, 15) is 4.79 Å². The van der Waals surface area contributed by atoms with Gasteiger partial charge in [0.2, 0.25) is 0 Å². The Bertz CT molecular complexity index is 322. The molecule has 1 amide bonds. The number of unbranched alkanes of at least 4 members (excludes halogenated alkanes) is 3. The molecule has 4 nitrogen and oxygen atoms in total. The van der Waals surface area contributed by atoms with Gasteiger partial charge in [-0.15, -0.1) is 0 Å². The van der Waals surface area contributed by atoms with Gasteiger partial charge in [0.15, 0.2) is 0 Å². The zero-order valence-electron chi connectivity index (χ0n) is 9.70. The lowest BCUT2D eigenvalue weighted by Crippen LogP contribution is -2.24. The maximum absolute atomic E-state index is 11.6. The van der Waals surface area contributed by atoms with E-state index >= 15 is 0 Å². The molecule has 3 N–H and O–H groups in total. The van der Waals surface area contributed by atoms with Crippen molar-refractivity contribution in [2.75, 3.05) is 12.3 Å². The molecular weight excluding hydrogens is 202 g/mol. The fourth-order valence-corrected chi connectivity index (χ4v) is 1.40. The Labute approximate surface area is 96.3 Å². The van der Waals surface area contributed by atoms with Gasteiger partial charge in [-0.25, -0.2) is 4.98 Å². The van der Waals surface area contributed by atoms with Gasteiger partial charge in [0.1, 0.15) is 5.82 Å². The molecule has 88 valence electrons. The third-order valence-electron chi connectivity index (χ3n) is 2.36. The molecule has 1 aromatic heterocycles. The van der Waals surface area contributed by atoms with E-state index in [-0.39, 0.29) is 5.91 Å². The molecule has 0 fully saturated rings. The zero-order chi connectivity index (χ0) is 11.8. The Kier molecular flexibility index (Phi) is 5.32. The Morgan fingerprint density at radius 1 is 1.38 bits per heavy atom. The highest BCUT2D eigenvalue weighted by Gasteiger charge is 2.04. The van der Waals surface area contributed by atoms with Crippen LogP contribution in [0.3, 0.4) is 0 Å². The molecule has 4 heteroatoms. The van der Waals surface area contributed by atoms with Crippen molar-refractivity contribution in [3.63, 3.8) is 0 Å². The van der Waals surface area contributed by atoms with E-state index in [0.717, 1.165) is 19.4 Å². The molecular formula is C12H19N3O. The number of nitrogens with two attached hydrogens (primary N) is 1. The monoisotopic (exact) mass is 221 g/mol. The molecule has 0 bridgehead atoms. The highest BCUT2D eigenvalue weighted by molar-refractivity contribution is 5.93. The first-order valence-electron chi connectivity index (χ1n) is 5.73. The molecule has 16 heavy (non-hydrogen) atoms. The van der Waals surface area contributed by atoms with Gasteiger partial charge in [0.05, 0.1) is 5.56 Å². The second-order valence-corrected chi connectivity index (χ2v) is 3.79. The van der Waals surface area contributed by atoms with Crippen molar-refractivity contribution < 1.29 is 4.79 Å². The van der Waals surface area contributed by atoms with Gasteiger partial charge < -0.3 is 11.1 Å². The summed E-state index contributed by atoms with van der Waals surface area (Å²) in [4.78, 5) is 15.5. The molecule has 0 saturated heterocycles. The van der Waals surface area contributed by atoms with Gasteiger partial charge in [-0.2, -0.15) is 0 Å². The van der Waals surface area contributed by atoms with Crippen LogP contribution in [0.1, 0.15) is 43.0 Å². The van der Waals surface area contributed by atoms with Crippen LogP contribution < -0.4 is 11.1 Å². The van der Waals surface area contributed by atoms with E-state index in [4.69, 9.17) is 5.73 Å². The summed E-state index contributed by atoms with van der Waals surface area (Å²) in [5.74, 6) is 0.350. The fraction of sp³-hybridized carbons (Fsp3) is 0.500. The number of hydrogen-bond donors (Lipinski definition) is 2. The largest absolute Gasteiger partial charge is 0.384 e. The van der Waals surface area contributed by atoms with Crippen LogP contribution in [0.5, 0.6) is 0 Å². The number of nitrogen functional groups attached to an aromatic ring is 1. The molecule has 1 rings (SSSR count). The number of carbonyl (C=O) groups is 1. The summed E-state index contributed by atoms with van der Waals surface area (Å²) in [6.07, 6.45) is 6.12. The second-order valence-electron chi connectivity index (χ2n) is 3.79. The number of carbonyl (C=O) groups excluding carboxylic acids is 1. The zero-order valence-corrected chi connectivity index (χ0v) is 9.70. The lowest BCUT2D eigenvalue weighted by molar-refractivity contribution is 0.0952. The molecule has 0 saturated carbocycles. The third-order valence-corrected chi connectivity index (χ3v) is 2.36. The van der Waals surface area contributed by atoms with Gasteiger partial charge >= 0.3 is 0 Å². The van der Waals surface area contributed by atoms with E-state index in [1.54, 1.807) is 12.1 Å². The first kappa shape index (κ1) is 12.5. The molecule has 0 spiro atoms. The van der Waals surface area contributed by atoms with Crippen molar-refractivity contribution in [2.24, 2.45) is 0 Å². The third kappa shape index (κ3) is 4.29. The highest BCUT2D eigenvalue weighted by atomic mass is 16.1. The van der Waals surface area contributed by atoms with Crippen molar-refractivity contribution in [2.45, 2.75) is 32.6 Å². The lowest BCUT2D eigenvalue weighted by atomic mass is 10.2. The first-order valence-corrected chi connectivity index (χ1v) is 5.73. The van der Waals surface area contributed by atoms with Crippen LogP contribution in [-0.2, 0) is 0 Å². The number of aromatic nitrogens is 1. The average Bonchev–Trinajstić information content (AvgIpc) is 2.29. The van der Waals surface area contributed by atoms with Crippen LogP contribution in [0.25, 0.3) is 0 Å². The van der Waals surface area contributed by atoms with Crippen LogP contribution in [0, 0.1) is 0 Å². The minimum Gasteiger partial charge on any atom is -0.384 e. The maximum atomic E-state index is 11.6. The van der Waals surface area contributed by atoms with E-state index in [1.807, 2.05) is 0 Å². The molecule has 0 aromatic carbocycles. The summed E-state index contributed by atoms with van der Waals surface area (Å²) in [6.45, 7) is 2.89. The molecule has 1 heterocycles. The number of amides is 1. The van der Waals surface area contributed by atoms with Crippen LogP contribution in [0.4, 0.5) is 5.82 Å². The Hall–Kier alpha value is -1.58. The predicted octanol–water partition coefficient (Wildman–Crippen LogP) is 1.97. The molecule has 0 unspecified atom stereocenters. The fourth-order valence-electron chi connectivity index (χ4n) is 1.40. The molecule has 1 aromatic rings. The molecule has 0 aliphatic carbocycles. The van der Waals surface area contributed by atoms with Crippen molar-refractivity contribution in [1.29, 1.82) is 0 Å². The summed E-state index contributed by atoms with van der Waals surface area (Å²) >= 11 is 0. The van der Waals surface area contributed by atoms with Gasteiger partial charge in [-0.3, -0.25) is 4.79 Å². The number of rotatable bonds is 6. The summed E-state index contributed by atoms with van der Waals surface area (Å²) in [7, 11) is 0.